The van der Waals surface area contributed by atoms with Gasteiger partial charge in [-0.2, -0.15) is 31.4 Å². The van der Waals surface area contributed by atoms with Crippen LogP contribution in [0.4, 0.5) is 13.2 Å². The fraction of sp³-hybridized carbons (Fsp3) is 0.350. The van der Waals surface area contributed by atoms with Crippen molar-refractivity contribution in [3.8, 4) is 5.82 Å². The zero-order valence-corrected chi connectivity index (χ0v) is 19.0. The van der Waals surface area contributed by atoms with Crippen molar-refractivity contribution in [2.75, 3.05) is 6.54 Å². The summed E-state index contributed by atoms with van der Waals surface area (Å²) in [5.41, 5.74) is 0.407. The minimum atomic E-state index is -4.51. The SMILES string of the molecule is CCCCNS(=O)(=O)NC(=O)/C=C/c1c(C)nn(C)c1-n1ccc2cc(C(F)(F)F)cnc21. The number of fused-ring (bicyclic) bond motifs is 1. The minimum Gasteiger partial charge on any atom is -0.285 e. The van der Waals surface area contributed by atoms with Crippen LogP contribution in [0.25, 0.3) is 22.9 Å². The molecule has 1 amide bonds. The third kappa shape index (κ3) is 5.60. The van der Waals surface area contributed by atoms with Gasteiger partial charge in [0, 0.05) is 43.0 Å². The summed E-state index contributed by atoms with van der Waals surface area (Å²) in [5, 5.41) is 4.59. The molecule has 0 aliphatic rings. The molecule has 178 valence electrons. The standard InChI is InChI=1S/C20H23F3N6O3S/c1-4-5-9-25-33(31,32)27-17(30)7-6-16-13(2)26-28(3)19(16)29-10-8-14-11-15(20(21,22)23)12-24-18(14)29/h6-8,10-12,25H,4-5,9H2,1-3H3,(H,27,30)/b7-6+. The Labute approximate surface area is 188 Å². The van der Waals surface area contributed by atoms with Crippen LogP contribution in [0.5, 0.6) is 0 Å². The molecule has 0 aromatic carbocycles. The van der Waals surface area contributed by atoms with Crippen molar-refractivity contribution in [1.82, 2.24) is 28.8 Å². The summed E-state index contributed by atoms with van der Waals surface area (Å²) in [5.74, 6) is -0.416. The monoisotopic (exact) mass is 484 g/mol. The molecule has 0 unspecified atom stereocenters. The number of unbranched alkanes of at least 4 members (excludes halogenated alkanes) is 1. The molecular formula is C20H23F3N6O3S. The van der Waals surface area contributed by atoms with Gasteiger partial charge in [0.1, 0.15) is 11.5 Å². The van der Waals surface area contributed by atoms with Gasteiger partial charge in [-0.15, -0.1) is 0 Å². The molecule has 0 saturated carbocycles. The molecule has 2 N–H and O–H groups in total. The van der Waals surface area contributed by atoms with Gasteiger partial charge in [0.15, 0.2) is 0 Å². The summed E-state index contributed by atoms with van der Waals surface area (Å²) in [6.07, 6.45) is 1.65. The lowest BCUT2D eigenvalue weighted by molar-refractivity contribution is -0.137. The van der Waals surface area contributed by atoms with Gasteiger partial charge in [-0.1, -0.05) is 13.3 Å². The second kappa shape index (κ2) is 9.35. The highest BCUT2D eigenvalue weighted by molar-refractivity contribution is 7.88. The molecule has 0 aliphatic heterocycles. The van der Waals surface area contributed by atoms with Crippen LogP contribution >= 0.6 is 0 Å². The molecule has 3 aromatic rings. The number of hydrogen-bond acceptors (Lipinski definition) is 5. The molecule has 3 rings (SSSR count). The lowest BCUT2D eigenvalue weighted by Crippen LogP contribution is -2.39. The Morgan fingerprint density at radius 1 is 1.30 bits per heavy atom. The Morgan fingerprint density at radius 2 is 2.03 bits per heavy atom. The fourth-order valence-corrected chi connectivity index (χ4v) is 4.06. The number of pyridine rings is 1. The first kappa shape index (κ1) is 24.5. The van der Waals surface area contributed by atoms with E-state index in [9.17, 15) is 26.4 Å². The first-order valence-electron chi connectivity index (χ1n) is 10.0. The summed E-state index contributed by atoms with van der Waals surface area (Å²) >= 11 is 0. The molecule has 3 heterocycles. The van der Waals surface area contributed by atoms with E-state index in [1.165, 1.54) is 16.8 Å². The number of hydrogen-bond donors (Lipinski definition) is 2. The van der Waals surface area contributed by atoms with Gasteiger partial charge in [-0.25, -0.2) is 9.71 Å². The van der Waals surface area contributed by atoms with Crippen LogP contribution in [0.2, 0.25) is 0 Å². The van der Waals surface area contributed by atoms with Crippen LogP contribution in [0.15, 0.2) is 30.6 Å². The molecule has 0 bridgehead atoms. The number of carbonyl (C=O) groups is 1. The molecule has 33 heavy (non-hydrogen) atoms. The van der Waals surface area contributed by atoms with Crippen LogP contribution in [0.3, 0.4) is 0 Å². The van der Waals surface area contributed by atoms with Crippen molar-refractivity contribution in [1.29, 1.82) is 0 Å². The Hall–Kier alpha value is -3.19. The number of rotatable bonds is 8. The highest BCUT2D eigenvalue weighted by atomic mass is 32.2. The number of amides is 1. The van der Waals surface area contributed by atoms with Crippen LogP contribution in [-0.4, -0.2) is 40.2 Å². The molecule has 0 saturated heterocycles. The van der Waals surface area contributed by atoms with Crippen molar-refractivity contribution in [2.45, 2.75) is 32.9 Å². The second-order valence-electron chi connectivity index (χ2n) is 7.32. The van der Waals surface area contributed by atoms with Gasteiger partial charge in [0.25, 0.3) is 5.91 Å². The topological polar surface area (TPSA) is 111 Å². The Balaban J connectivity index is 1.91. The number of aryl methyl sites for hydroxylation is 2. The average molecular weight is 485 g/mol. The predicted octanol–water partition coefficient (Wildman–Crippen LogP) is 2.85. The van der Waals surface area contributed by atoms with E-state index in [1.54, 1.807) is 24.7 Å². The molecule has 0 spiro atoms. The largest absolute Gasteiger partial charge is 0.417 e. The third-order valence-electron chi connectivity index (χ3n) is 4.78. The van der Waals surface area contributed by atoms with Gasteiger partial charge in [-0.05, 0) is 31.6 Å². The van der Waals surface area contributed by atoms with E-state index in [2.05, 4.69) is 14.8 Å². The van der Waals surface area contributed by atoms with Gasteiger partial charge < -0.3 is 0 Å². The predicted molar refractivity (Wildman–Crippen MR) is 117 cm³/mol. The lowest BCUT2D eigenvalue weighted by Gasteiger charge is -2.09. The Bertz CT molecular complexity index is 1310. The van der Waals surface area contributed by atoms with E-state index in [0.29, 0.717) is 23.5 Å². The summed E-state index contributed by atoms with van der Waals surface area (Å²) < 4.78 is 70.0. The molecule has 0 radical (unpaired) electrons. The second-order valence-corrected chi connectivity index (χ2v) is 8.82. The molecule has 0 aliphatic carbocycles. The van der Waals surface area contributed by atoms with Crippen LogP contribution < -0.4 is 9.44 Å². The van der Waals surface area contributed by atoms with Crippen molar-refractivity contribution < 1.29 is 26.4 Å². The van der Waals surface area contributed by atoms with Crippen LogP contribution in [-0.2, 0) is 28.2 Å². The molecule has 9 nitrogen and oxygen atoms in total. The van der Waals surface area contributed by atoms with Crippen molar-refractivity contribution in [3.05, 3.63) is 47.4 Å². The van der Waals surface area contributed by atoms with Gasteiger partial charge in [0.2, 0.25) is 0 Å². The smallest absolute Gasteiger partial charge is 0.285 e. The zero-order valence-electron chi connectivity index (χ0n) is 18.1. The maximum Gasteiger partial charge on any atom is 0.417 e. The average Bonchev–Trinajstić information content (AvgIpc) is 3.24. The highest BCUT2D eigenvalue weighted by Gasteiger charge is 2.31. The third-order valence-corrected chi connectivity index (χ3v) is 5.83. The molecule has 0 fully saturated rings. The normalized spacial score (nSPS) is 12.7. The van der Waals surface area contributed by atoms with Gasteiger partial charge in [0.05, 0.1) is 11.3 Å². The van der Waals surface area contributed by atoms with Crippen molar-refractivity contribution in [3.63, 3.8) is 0 Å². The Morgan fingerprint density at radius 3 is 2.70 bits per heavy atom. The Kier molecular flexibility index (Phi) is 6.93. The molecule has 13 heteroatoms. The summed E-state index contributed by atoms with van der Waals surface area (Å²) in [6, 6.07) is 2.50. The fourth-order valence-electron chi connectivity index (χ4n) is 3.24. The number of halogens is 3. The zero-order chi connectivity index (χ0) is 24.4. The van der Waals surface area contributed by atoms with E-state index >= 15 is 0 Å². The first-order chi connectivity index (χ1) is 15.4. The molecule has 0 atom stereocenters. The number of aromatic nitrogens is 4. The van der Waals surface area contributed by atoms with Crippen molar-refractivity contribution >= 4 is 33.2 Å². The molecule has 3 aromatic heterocycles. The minimum absolute atomic E-state index is 0.207. The summed E-state index contributed by atoms with van der Waals surface area (Å²) in [7, 11) is -2.35. The van der Waals surface area contributed by atoms with E-state index in [-0.39, 0.29) is 17.6 Å². The summed E-state index contributed by atoms with van der Waals surface area (Å²) in [4.78, 5) is 16.1. The van der Waals surface area contributed by atoms with Crippen LogP contribution in [0.1, 0.15) is 36.6 Å². The number of nitrogens with zero attached hydrogens (tertiary/aromatic N) is 4. The molecular weight excluding hydrogens is 461 g/mol. The number of nitrogens with one attached hydrogen (secondary N) is 2. The van der Waals surface area contributed by atoms with E-state index in [0.717, 1.165) is 24.8 Å². The van der Waals surface area contributed by atoms with E-state index in [4.69, 9.17) is 0 Å². The number of carbonyl (C=O) groups excluding carboxylic acids is 1. The maximum absolute atomic E-state index is 13.0. The maximum atomic E-state index is 13.0. The van der Waals surface area contributed by atoms with E-state index in [1.807, 2.05) is 11.6 Å². The summed E-state index contributed by atoms with van der Waals surface area (Å²) in [6.45, 7) is 3.80. The van der Waals surface area contributed by atoms with Crippen LogP contribution in [0, 0.1) is 6.92 Å². The number of alkyl halides is 3. The quantitative estimate of drug-likeness (QED) is 0.377. The van der Waals surface area contributed by atoms with Gasteiger partial charge in [-0.3, -0.25) is 14.0 Å². The first-order valence-corrected chi connectivity index (χ1v) is 11.5. The highest BCUT2D eigenvalue weighted by Crippen LogP contribution is 2.32. The van der Waals surface area contributed by atoms with Gasteiger partial charge >= 0.3 is 16.4 Å². The van der Waals surface area contributed by atoms with Crippen molar-refractivity contribution in [2.24, 2.45) is 7.05 Å². The lowest BCUT2D eigenvalue weighted by atomic mass is 10.2. The van der Waals surface area contributed by atoms with E-state index < -0.39 is 27.9 Å².